The smallest absolute Gasteiger partial charge is 0.342 e. The van der Waals surface area contributed by atoms with Crippen molar-refractivity contribution < 1.29 is 47.9 Å². The number of methoxy groups -OCH3 is 1. The number of benzene rings is 3. The van der Waals surface area contributed by atoms with Gasteiger partial charge in [-0.15, -0.1) is 0 Å². The van der Waals surface area contributed by atoms with E-state index in [1.807, 2.05) is 32.9 Å². The molecule has 0 amide bonds. The molecule has 0 saturated carbocycles. The molecule has 2 aliphatic rings. The van der Waals surface area contributed by atoms with Crippen LogP contribution in [-0.2, 0) is 18.9 Å². The number of ether oxygens (including phenoxy) is 7. The number of hydrogen-bond donors (Lipinski definition) is 1. The summed E-state index contributed by atoms with van der Waals surface area (Å²) in [6.45, 7) is 9.48. The van der Waals surface area contributed by atoms with Gasteiger partial charge in [0.1, 0.15) is 17.4 Å². The summed E-state index contributed by atoms with van der Waals surface area (Å²) in [6, 6.07) is 9.16. The molecular formula is C32H36O10. The molecule has 10 nitrogen and oxygen atoms in total. The lowest BCUT2D eigenvalue weighted by molar-refractivity contribution is -0.226. The van der Waals surface area contributed by atoms with Crippen LogP contribution in [0.1, 0.15) is 52.6 Å². The van der Waals surface area contributed by atoms with Gasteiger partial charge in [0.25, 0.3) is 0 Å². The second kappa shape index (κ2) is 12.2. The molecule has 4 atom stereocenters. The van der Waals surface area contributed by atoms with Crippen LogP contribution in [0.3, 0.4) is 0 Å². The molecule has 2 aliphatic heterocycles. The Morgan fingerprint density at radius 1 is 0.929 bits per heavy atom. The minimum Gasteiger partial charge on any atom is -0.462 e. The van der Waals surface area contributed by atoms with Crippen molar-refractivity contribution in [1.29, 1.82) is 0 Å². The fourth-order valence-electron chi connectivity index (χ4n) is 5.41. The summed E-state index contributed by atoms with van der Waals surface area (Å²) in [6.07, 6.45) is -2.56. The fraction of sp³-hybridized carbons (Fsp3) is 0.438. The van der Waals surface area contributed by atoms with E-state index in [1.165, 1.54) is 0 Å². The predicted molar refractivity (Wildman–Crippen MR) is 153 cm³/mol. The lowest BCUT2D eigenvalue weighted by Gasteiger charge is -2.38. The standard InChI is InChI=1S/C32H36O10/c1-7-37-30(34)26-25(19-9-10-22-23(13-19)41-15-40-22)20-11-16(3)17(4)12-21(20)29(27(26)31(35)38-8-2)42-32-28(33)18(5)24(36-6)14-39-32/h9-13,18,24,28,32-33H,7-8,14-15H2,1-6H3/t18-,24+,28+,32?/m0/s1. The van der Waals surface area contributed by atoms with Gasteiger partial charge in [-0.1, -0.05) is 19.1 Å². The number of aliphatic hydroxyl groups is 1. The average Bonchev–Trinajstić information content (AvgIpc) is 3.44. The number of aliphatic hydroxyl groups excluding tert-OH is 1. The van der Waals surface area contributed by atoms with Crippen molar-refractivity contribution in [3.63, 3.8) is 0 Å². The Morgan fingerprint density at radius 2 is 1.57 bits per heavy atom. The molecule has 1 N–H and O–H groups in total. The van der Waals surface area contributed by atoms with E-state index in [-0.39, 0.29) is 55.5 Å². The molecule has 0 aliphatic carbocycles. The lowest BCUT2D eigenvalue weighted by atomic mass is 9.86. The van der Waals surface area contributed by atoms with Crippen molar-refractivity contribution in [3.8, 4) is 28.4 Å². The fourth-order valence-corrected chi connectivity index (χ4v) is 5.41. The van der Waals surface area contributed by atoms with E-state index in [4.69, 9.17) is 33.2 Å². The van der Waals surface area contributed by atoms with Crippen LogP contribution in [0, 0.1) is 19.8 Å². The zero-order valence-electron chi connectivity index (χ0n) is 24.6. The molecule has 0 aromatic heterocycles. The van der Waals surface area contributed by atoms with Gasteiger partial charge < -0.3 is 38.3 Å². The van der Waals surface area contributed by atoms with Gasteiger partial charge in [0.05, 0.1) is 31.5 Å². The Labute approximate surface area is 244 Å². The van der Waals surface area contributed by atoms with Gasteiger partial charge in [0, 0.05) is 24.0 Å². The van der Waals surface area contributed by atoms with E-state index in [9.17, 15) is 14.7 Å². The van der Waals surface area contributed by atoms with Crippen LogP contribution in [-0.4, -0.2) is 69.3 Å². The van der Waals surface area contributed by atoms with Crippen LogP contribution in [0.2, 0.25) is 0 Å². The first-order chi connectivity index (χ1) is 20.2. The Morgan fingerprint density at radius 3 is 2.24 bits per heavy atom. The molecule has 0 bridgehead atoms. The first-order valence-electron chi connectivity index (χ1n) is 14.0. The number of carbonyl (C=O) groups excluding carboxylic acids is 2. The molecule has 1 unspecified atom stereocenters. The first kappa shape index (κ1) is 29.6. The van der Waals surface area contributed by atoms with E-state index in [0.717, 1.165) is 11.1 Å². The third-order valence-corrected chi connectivity index (χ3v) is 7.86. The number of hydrogen-bond acceptors (Lipinski definition) is 10. The van der Waals surface area contributed by atoms with Crippen molar-refractivity contribution in [3.05, 3.63) is 52.6 Å². The van der Waals surface area contributed by atoms with Gasteiger partial charge in [-0.25, -0.2) is 9.59 Å². The Hall–Kier alpha value is -3.86. The second-order valence-corrected chi connectivity index (χ2v) is 10.4. The molecular weight excluding hydrogens is 544 g/mol. The van der Waals surface area contributed by atoms with Gasteiger partial charge in [0.2, 0.25) is 13.1 Å². The van der Waals surface area contributed by atoms with E-state index >= 15 is 0 Å². The monoisotopic (exact) mass is 580 g/mol. The number of aryl methyl sites for hydroxylation is 2. The first-order valence-corrected chi connectivity index (χ1v) is 14.0. The predicted octanol–water partition coefficient (Wildman–Crippen LogP) is 4.95. The van der Waals surface area contributed by atoms with Crippen molar-refractivity contribution in [2.75, 3.05) is 33.7 Å². The third-order valence-electron chi connectivity index (χ3n) is 7.86. The molecule has 1 fully saturated rings. The topological polar surface area (TPSA) is 119 Å². The van der Waals surface area contributed by atoms with E-state index in [2.05, 4.69) is 0 Å². The number of fused-ring (bicyclic) bond motifs is 2. The second-order valence-electron chi connectivity index (χ2n) is 10.4. The number of carbonyl (C=O) groups is 2. The normalized spacial score (nSPS) is 21.3. The number of rotatable bonds is 8. The molecule has 0 spiro atoms. The number of esters is 2. The van der Waals surface area contributed by atoms with Crippen LogP contribution in [0.5, 0.6) is 17.2 Å². The van der Waals surface area contributed by atoms with Gasteiger partial charge in [0.15, 0.2) is 11.5 Å². The highest BCUT2D eigenvalue weighted by Crippen LogP contribution is 2.46. The summed E-state index contributed by atoms with van der Waals surface area (Å²) < 4.78 is 39.9. The maximum atomic E-state index is 13.8. The van der Waals surface area contributed by atoms with E-state index < -0.39 is 24.3 Å². The summed E-state index contributed by atoms with van der Waals surface area (Å²) in [5.41, 5.74) is 2.82. The zero-order chi connectivity index (χ0) is 30.1. The van der Waals surface area contributed by atoms with Crippen molar-refractivity contribution in [1.82, 2.24) is 0 Å². The van der Waals surface area contributed by atoms with Gasteiger partial charge in [-0.3, -0.25) is 0 Å². The zero-order valence-corrected chi connectivity index (χ0v) is 24.6. The summed E-state index contributed by atoms with van der Waals surface area (Å²) >= 11 is 0. The third kappa shape index (κ3) is 5.26. The lowest BCUT2D eigenvalue weighted by Crippen LogP contribution is -2.51. The quantitative estimate of drug-likeness (QED) is 0.367. The van der Waals surface area contributed by atoms with Crippen molar-refractivity contribution in [2.45, 2.75) is 53.1 Å². The van der Waals surface area contributed by atoms with Gasteiger partial charge in [-0.2, -0.15) is 0 Å². The molecule has 1 saturated heterocycles. The summed E-state index contributed by atoms with van der Waals surface area (Å²) in [5, 5.41) is 12.3. The van der Waals surface area contributed by atoms with Gasteiger partial charge >= 0.3 is 11.9 Å². The highest BCUT2D eigenvalue weighted by Gasteiger charge is 2.40. The maximum Gasteiger partial charge on any atom is 0.342 e. The minimum absolute atomic E-state index is 0.0203. The van der Waals surface area contributed by atoms with Crippen LogP contribution in [0.15, 0.2) is 30.3 Å². The molecule has 2 heterocycles. The van der Waals surface area contributed by atoms with Gasteiger partial charge in [-0.05, 0) is 68.0 Å². The molecule has 42 heavy (non-hydrogen) atoms. The Kier molecular flexibility index (Phi) is 8.58. The molecule has 3 aromatic carbocycles. The maximum absolute atomic E-state index is 13.8. The van der Waals surface area contributed by atoms with Crippen LogP contribution >= 0.6 is 0 Å². The Balaban J connectivity index is 1.84. The average molecular weight is 581 g/mol. The van der Waals surface area contributed by atoms with Crippen LogP contribution in [0.4, 0.5) is 0 Å². The van der Waals surface area contributed by atoms with Crippen molar-refractivity contribution in [2.24, 2.45) is 5.92 Å². The summed E-state index contributed by atoms with van der Waals surface area (Å²) in [5.74, 6) is -0.677. The molecule has 10 heteroatoms. The highest BCUT2D eigenvalue weighted by atomic mass is 16.7. The summed E-state index contributed by atoms with van der Waals surface area (Å²) in [7, 11) is 1.55. The molecule has 224 valence electrons. The molecule has 5 rings (SSSR count). The largest absolute Gasteiger partial charge is 0.462 e. The minimum atomic E-state index is -1.14. The molecule has 0 radical (unpaired) electrons. The van der Waals surface area contributed by atoms with E-state index in [0.29, 0.717) is 33.4 Å². The highest BCUT2D eigenvalue weighted by molar-refractivity contribution is 6.18. The molecule has 3 aromatic rings. The van der Waals surface area contributed by atoms with E-state index in [1.54, 1.807) is 39.2 Å². The Bertz CT molecular complexity index is 1510. The SMILES string of the molecule is CCOC(=O)c1c(C(=O)OCC)c(-c2ccc3c(c2)OCO3)c2cc(C)c(C)cc2c1OC1OC[C@@H](OC)[C@H](C)[C@H]1O. The van der Waals surface area contributed by atoms with Crippen LogP contribution < -0.4 is 14.2 Å². The summed E-state index contributed by atoms with van der Waals surface area (Å²) in [4.78, 5) is 27.6. The van der Waals surface area contributed by atoms with Crippen molar-refractivity contribution >= 4 is 22.7 Å². The van der Waals surface area contributed by atoms with Crippen LogP contribution in [0.25, 0.3) is 21.9 Å².